The number of hydrogen-bond acceptors (Lipinski definition) is 2. The predicted octanol–water partition coefficient (Wildman–Crippen LogP) is 3.76. The van der Waals surface area contributed by atoms with Crippen LogP contribution in [0.3, 0.4) is 0 Å². The highest BCUT2D eigenvalue weighted by Gasteiger charge is 2.24. The van der Waals surface area contributed by atoms with Crippen LogP contribution in [0.2, 0.25) is 0 Å². The summed E-state index contributed by atoms with van der Waals surface area (Å²) in [4.78, 5) is 16.2. The van der Waals surface area contributed by atoms with E-state index < -0.39 is 0 Å². The molecule has 0 saturated heterocycles. The lowest BCUT2D eigenvalue weighted by molar-refractivity contribution is 0.0967. The van der Waals surface area contributed by atoms with Crippen LogP contribution in [0.25, 0.3) is 11.1 Å². The zero-order chi connectivity index (χ0) is 12.6. The number of pyridine rings is 1. The fraction of sp³-hybridized carbons (Fsp3) is 0.286. The van der Waals surface area contributed by atoms with Gasteiger partial charge in [-0.15, -0.1) is 0 Å². The van der Waals surface area contributed by atoms with E-state index >= 15 is 0 Å². The van der Waals surface area contributed by atoms with Crippen LogP contribution in [0.5, 0.6) is 0 Å². The molecule has 0 unspecified atom stereocenters. The van der Waals surface area contributed by atoms with Gasteiger partial charge in [-0.1, -0.05) is 24.8 Å². The second kappa shape index (κ2) is 4.46. The minimum atomic E-state index is 0.115. The van der Waals surface area contributed by atoms with Gasteiger partial charge in [-0.3, -0.25) is 4.79 Å². The van der Waals surface area contributed by atoms with Crippen LogP contribution in [0, 0.1) is 6.92 Å². The van der Waals surface area contributed by atoms with Crippen molar-refractivity contribution in [3.05, 3.63) is 41.2 Å². The summed E-state index contributed by atoms with van der Waals surface area (Å²) in [7, 11) is 0. The molecule has 0 aromatic carbocycles. The number of Topliss-reactive ketones (excluding diaryl/α,β-unsaturated/α-hetero) is 1. The third-order valence-electron chi connectivity index (χ3n) is 3.16. The first-order chi connectivity index (χ1) is 8.06. The van der Waals surface area contributed by atoms with Gasteiger partial charge in [-0.05, 0) is 37.0 Å². The third-order valence-corrected chi connectivity index (χ3v) is 3.35. The zero-order valence-electron chi connectivity index (χ0n) is 9.85. The largest absolute Gasteiger partial charge is 0.292 e. The number of rotatable bonds is 2. The summed E-state index contributed by atoms with van der Waals surface area (Å²) in [6.45, 7) is 9.44. The van der Waals surface area contributed by atoms with Crippen molar-refractivity contribution < 1.29 is 4.79 Å². The average molecular weight is 248 g/mol. The van der Waals surface area contributed by atoms with Gasteiger partial charge in [0.15, 0.2) is 5.78 Å². The van der Waals surface area contributed by atoms with E-state index in [0.29, 0.717) is 22.8 Å². The van der Waals surface area contributed by atoms with Crippen molar-refractivity contribution in [2.45, 2.75) is 26.2 Å². The molecule has 1 aromatic rings. The average Bonchev–Trinajstić information content (AvgIpc) is 2.29. The first-order valence-corrected chi connectivity index (χ1v) is 5.98. The maximum atomic E-state index is 11.8. The quantitative estimate of drug-likeness (QED) is 0.797. The second-order valence-corrected chi connectivity index (χ2v) is 4.67. The number of ketones is 1. The standard InChI is InChI=1S/C14H14ClNO/c1-4-11-13(9(3)15)8(2)10-6-5-7-12(17)14(10)16-11/h4H,1,3,5-7H2,2H3. The molecule has 1 aliphatic carbocycles. The van der Waals surface area contributed by atoms with E-state index in [4.69, 9.17) is 11.6 Å². The maximum Gasteiger partial charge on any atom is 0.181 e. The highest BCUT2D eigenvalue weighted by atomic mass is 35.5. The van der Waals surface area contributed by atoms with Gasteiger partial charge in [-0.25, -0.2) is 4.98 Å². The lowest BCUT2D eigenvalue weighted by atomic mass is 9.88. The maximum absolute atomic E-state index is 11.8. The van der Waals surface area contributed by atoms with Gasteiger partial charge in [-0.2, -0.15) is 0 Å². The van der Waals surface area contributed by atoms with Crippen LogP contribution in [-0.4, -0.2) is 10.8 Å². The second-order valence-electron chi connectivity index (χ2n) is 4.21. The van der Waals surface area contributed by atoms with Crippen molar-refractivity contribution in [1.29, 1.82) is 0 Å². The molecule has 0 amide bonds. The lowest BCUT2D eigenvalue weighted by Crippen LogP contribution is -2.16. The van der Waals surface area contributed by atoms with Crippen molar-refractivity contribution in [1.82, 2.24) is 4.98 Å². The van der Waals surface area contributed by atoms with Gasteiger partial charge in [0.05, 0.1) is 5.69 Å². The number of nitrogens with zero attached hydrogens (tertiary/aromatic N) is 1. The van der Waals surface area contributed by atoms with Gasteiger partial charge in [0.1, 0.15) is 5.69 Å². The van der Waals surface area contributed by atoms with Crippen molar-refractivity contribution in [3.8, 4) is 0 Å². The summed E-state index contributed by atoms with van der Waals surface area (Å²) in [6.07, 6.45) is 3.97. The Kier molecular flexibility index (Phi) is 3.16. The molecule has 0 bridgehead atoms. The fourth-order valence-corrected chi connectivity index (χ4v) is 2.57. The van der Waals surface area contributed by atoms with Gasteiger partial charge >= 0.3 is 0 Å². The molecule has 0 aliphatic heterocycles. The Morgan fingerprint density at radius 2 is 2.18 bits per heavy atom. The van der Waals surface area contributed by atoms with Crippen LogP contribution in [0.15, 0.2) is 13.2 Å². The van der Waals surface area contributed by atoms with Crippen molar-refractivity contribution in [2.75, 3.05) is 0 Å². The Balaban J connectivity index is 2.77. The number of fused-ring (bicyclic) bond motifs is 1. The van der Waals surface area contributed by atoms with Gasteiger partial charge < -0.3 is 0 Å². The summed E-state index contributed by atoms with van der Waals surface area (Å²) < 4.78 is 0. The molecule has 0 saturated carbocycles. The Labute approximate surface area is 106 Å². The van der Waals surface area contributed by atoms with Gasteiger partial charge in [0, 0.05) is 17.0 Å². The summed E-state index contributed by atoms with van der Waals surface area (Å²) in [5.41, 5.74) is 4.08. The Bertz CT molecular complexity index is 532. The van der Waals surface area contributed by atoms with Crippen LogP contribution in [0.1, 0.15) is 45.7 Å². The first kappa shape index (κ1) is 12.1. The van der Waals surface area contributed by atoms with E-state index in [1.54, 1.807) is 6.08 Å². The van der Waals surface area contributed by atoms with Gasteiger partial charge in [0.2, 0.25) is 0 Å². The molecule has 0 radical (unpaired) electrons. The molecule has 17 heavy (non-hydrogen) atoms. The fourth-order valence-electron chi connectivity index (χ4n) is 2.34. The van der Waals surface area contributed by atoms with Gasteiger partial charge in [0.25, 0.3) is 0 Å². The minimum absolute atomic E-state index is 0.115. The molecule has 0 atom stereocenters. The molecule has 0 spiro atoms. The number of halogens is 1. The number of hydrogen-bond donors (Lipinski definition) is 0. The van der Waals surface area contributed by atoms with Crippen molar-refractivity contribution in [2.24, 2.45) is 0 Å². The molecular weight excluding hydrogens is 234 g/mol. The molecule has 1 aromatic heterocycles. The molecule has 3 heteroatoms. The Morgan fingerprint density at radius 1 is 1.47 bits per heavy atom. The smallest absolute Gasteiger partial charge is 0.181 e. The summed E-state index contributed by atoms with van der Waals surface area (Å²) in [6, 6.07) is 0. The van der Waals surface area contributed by atoms with Crippen LogP contribution in [0.4, 0.5) is 0 Å². The highest BCUT2D eigenvalue weighted by molar-refractivity contribution is 6.48. The number of carbonyl (C=O) groups excluding carboxylic acids is 1. The molecule has 2 rings (SSSR count). The minimum Gasteiger partial charge on any atom is -0.292 e. The molecule has 0 N–H and O–H groups in total. The summed E-state index contributed by atoms with van der Waals surface area (Å²) in [5, 5.41) is 0.450. The normalized spacial score (nSPS) is 14.4. The van der Waals surface area contributed by atoms with E-state index in [2.05, 4.69) is 18.1 Å². The monoisotopic (exact) mass is 247 g/mol. The molecular formula is C14H14ClNO. The number of carbonyl (C=O) groups is 1. The SMILES string of the molecule is C=Cc1nc2c(c(C)c1C(=C)Cl)CCCC2=O. The summed E-state index contributed by atoms with van der Waals surface area (Å²) in [5.74, 6) is 0.115. The topological polar surface area (TPSA) is 30.0 Å². The van der Waals surface area contributed by atoms with Crippen LogP contribution < -0.4 is 0 Å². The predicted molar refractivity (Wildman–Crippen MR) is 71.2 cm³/mol. The van der Waals surface area contributed by atoms with E-state index in [1.807, 2.05) is 6.92 Å². The van der Waals surface area contributed by atoms with Crippen molar-refractivity contribution >= 4 is 28.5 Å². The Morgan fingerprint density at radius 3 is 2.76 bits per heavy atom. The molecule has 0 fully saturated rings. The Hall–Kier alpha value is -1.41. The van der Waals surface area contributed by atoms with Crippen molar-refractivity contribution in [3.63, 3.8) is 0 Å². The zero-order valence-corrected chi connectivity index (χ0v) is 10.6. The van der Waals surface area contributed by atoms with E-state index in [9.17, 15) is 4.79 Å². The third kappa shape index (κ3) is 1.93. The van der Waals surface area contributed by atoms with Crippen LogP contribution >= 0.6 is 11.6 Å². The lowest BCUT2D eigenvalue weighted by Gasteiger charge is -2.20. The van der Waals surface area contributed by atoms with E-state index in [0.717, 1.165) is 29.5 Å². The van der Waals surface area contributed by atoms with E-state index in [1.165, 1.54) is 0 Å². The molecule has 1 heterocycles. The van der Waals surface area contributed by atoms with Crippen LogP contribution in [-0.2, 0) is 6.42 Å². The number of aromatic nitrogens is 1. The van der Waals surface area contributed by atoms with E-state index in [-0.39, 0.29) is 5.78 Å². The molecule has 88 valence electrons. The first-order valence-electron chi connectivity index (χ1n) is 5.60. The molecule has 1 aliphatic rings. The summed E-state index contributed by atoms with van der Waals surface area (Å²) >= 11 is 6.00. The molecule has 2 nitrogen and oxygen atoms in total. The highest BCUT2D eigenvalue weighted by Crippen LogP contribution is 2.32.